The van der Waals surface area contributed by atoms with E-state index in [0.717, 1.165) is 25.7 Å². The molecule has 122 valence electrons. The molecule has 8 heteroatoms. The minimum Gasteiger partial charge on any atom is -0.467 e. The van der Waals surface area contributed by atoms with E-state index < -0.39 is 4.92 Å². The molecule has 8 nitrogen and oxygen atoms in total. The third-order valence-corrected chi connectivity index (χ3v) is 3.96. The molecule has 3 rings (SSSR count). The van der Waals surface area contributed by atoms with Gasteiger partial charge in [-0.15, -0.1) is 0 Å². The summed E-state index contributed by atoms with van der Waals surface area (Å²) in [6.45, 7) is 0.327. The van der Waals surface area contributed by atoms with Gasteiger partial charge >= 0.3 is 5.69 Å². The zero-order valence-corrected chi connectivity index (χ0v) is 12.7. The second kappa shape index (κ2) is 7.08. The standard InChI is InChI=1S/C15H19N5O3/c21-20(22)13-14(16-9-12-7-4-8-23-12)17-10-18-15(13)19-11-5-2-1-3-6-11/h4,7-8,10-11H,1-3,5-6,9H2,(H2,16,17,18,19). The SMILES string of the molecule is O=[N+]([O-])c1c(NCc2ccco2)ncnc1NC1CCCCC1. The Morgan fingerprint density at radius 1 is 1.26 bits per heavy atom. The number of nitro groups is 1. The van der Waals surface area contributed by atoms with Gasteiger partial charge in [-0.05, 0) is 25.0 Å². The van der Waals surface area contributed by atoms with Crippen molar-refractivity contribution in [2.75, 3.05) is 10.6 Å². The molecule has 0 aliphatic heterocycles. The number of aromatic nitrogens is 2. The third-order valence-electron chi connectivity index (χ3n) is 3.96. The van der Waals surface area contributed by atoms with Gasteiger partial charge in [-0.25, -0.2) is 9.97 Å². The highest BCUT2D eigenvalue weighted by atomic mass is 16.6. The van der Waals surface area contributed by atoms with Gasteiger partial charge in [0, 0.05) is 6.04 Å². The van der Waals surface area contributed by atoms with Crippen molar-refractivity contribution in [1.82, 2.24) is 9.97 Å². The zero-order valence-electron chi connectivity index (χ0n) is 12.7. The second-order valence-corrected chi connectivity index (χ2v) is 5.59. The highest BCUT2D eigenvalue weighted by Crippen LogP contribution is 2.31. The summed E-state index contributed by atoms with van der Waals surface area (Å²) in [6.07, 6.45) is 8.41. The predicted octanol–water partition coefficient (Wildman–Crippen LogP) is 3.33. The van der Waals surface area contributed by atoms with Crippen LogP contribution in [0.3, 0.4) is 0 Å². The number of nitrogens with zero attached hydrogens (tertiary/aromatic N) is 3. The van der Waals surface area contributed by atoms with Gasteiger partial charge in [0.2, 0.25) is 11.6 Å². The van der Waals surface area contributed by atoms with E-state index in [1.165, 1.54) is 12.7 Å². The molecule has 0 amide bonds. The van der Waals surface area contributed by atoms with Crippen molar-refractivity contribution in [1.29, 1.82) is 0 Å². The largest absolute Gasteiger partial charge is 0.467 e. The Kier molecular flexibility index (Phi) is 4.70. The summed E-state index contributed by atoms with van der Waals surface area (Å²) in [5, 5.41) is 17.6. The van der Waals surface area contributed by atoms with Gasteiger partial charge in [0.15, 0.2) is 0 Å². The van der Waals surface area contributed by atoms with Crippen LogP contribution in [0.15, 0.2) is 29.1 Å². The molecule has 0 saturated heterocycles. The topological polar surface area (TPSA) is 106 Å². The highest BCUT2D eigenvalue weighted by molar-refractivity contribution is 5.69. The first-order valence-electron chi connectivity index (χ1n) is 7.76. The summed E-state index contributed by atoms with van der Waals surface area (Å²) >= 11 is 0. The zero-order chi connectivity index (χ0) is 16.1. The van der Waals surface area contributed by atoms with Crippen LogP contribution < -0.4 is 10.6 Å². The van der Waals surface area contributed by atoms with Crippen LogP contribution in [0.5, 0.6) is 0 Å². The molecule has 0 atom stereocenters. The van der Waals surface area contributed by atoms with Gasteiger partial charge < -0.3 is 15.1 Å². The number of hydrogen-bond acceptors (Lipinski definition) is 7. The van der Waals surface area contributed by atoms with E-state index in [1.807, 2.05) is 0 Å². The fourth-order valence-electron chi connectivity index (χ4n) is 2.81. The Bertz CT molecular complexity index is 653. The van der Waals surface area contributed by atoms with Gasteiger partial charge in [-0.2, -0.15) is 0 Å². The number of rotatable bonds is 6. The van der Waals surface area contributed by atoms with E-state index in [9.17, 15) is 10.1 Å². The van der Waals surface area contributed by atoms with Crippen LogP contribution in [0.1, 0.15) is 37.9 Å². The average molecular weight is 317 g/mol. The van der Waals surface area contributed by atoms with Gasteiger partial charge in [0.05, 0.1) is 17.7 Å². The summed E-state index contributed by atoms with van der Waals surface area (Å²) in [5.41, 5.74) is -0.121. The molecule has 23 heavy (non-hydrogen) atoms. The molecule has 0 spiro atoms. The van der Waals surface area contributed by atoms with E-state index in [1.54, 1.807) is 18.4 Å². The molecule has 1 aliphatic rings. The van der Waals surface area contributed by atoms with Crippen LogP contribution in [0.4, 0.5) is 17.3 Å². The number of hydrogen-bond donors (Lipinski definition) is 2. The summed E-state index contributed by atoms with van der Waals surface area (Å²) < 4.78 is 5.22. The van der Waals surface area contributed by atoms with Crippen LogP contribution >= 0.6 is 0 Å². The monoisotopic (exact) mass is 317 g/mol. The minimum atomic E-state index is -0.449. The van der Waals surface area contributed by atoms with Crippen molar-refractivity contribution in [2.45, 2.75) is 44.7 Å². The molecule has 0 bridgehead atoms. The molecule has 0 unspecified atom stereocenters. The summed E-state index contributed by atoms with van der Waals surface area (Å²) in [4.78, 5) is 19.1. The van der Waals surface area contributed by atoms with E-state index in [2.05, 4.69) is 20.6 Å². The van der Waals surface area contributed by atoms with E-state index in [0.29, 0.717) is 12.3 Å². The van der Waals surface area contributed by atoms with E-state index in [-0.39, 0.29) is 23.4 Å². The van der Waals surface area contributed by atoms with Gasteiger partial charge in [0.1, 0.15) is 12.1 Å². The molecular formula is C15H19N5O3. The van der Waals surface area contributed by atoms with E-state index in [4.69, 9.17) is 4.42 Å². The molecule has 2 N–H and O–H groups in total. The lowest BCUT2D eigenvalue weighted by Gasteiger charge is -2.23. The molecule has 2 aromatic rings. The first kappa shape index (κ1) is 15.3. The fourth-order valence-corrected chi connectivity index (χ4v) is 2.81. The van der Waals surface area contributed by atoms with Crippen LogP contribution in [0.2, 0.25) is 0 Å². The first-order valence-corrected chi connectivity index (χ1v) is 7.76. The van der Waals surface area contributed by atoms with E-state index >= 15 is 0 Å². The summed E-state index contributed by atoms with van der Waals surface area (Å²) in [7, 11) is 0. The summed E-state index contributed by atoms with van der Waals surface area (Å²) in [6, 6.07) is 3.79. The Balaban J connectivity index is 1.78. The first-order chi connectivity index (χ1) is 11.2. The molecule has 1 saturated carbocycles. The van der Waals surface area contributed by atoms with Crippen molar-refractivity contribution in [3.8, 4) is 0 Å². The molecule has 2 aromatic heterocycles. The maximum absolute atomic E-state index is 11.5. The van der Waals surface area contributed by atoms with Crippen molar-refractivity contribution in [3.05, 3.63) is 40.6 Å². The Morgan fingerprint density at radius 2 is 2.04 bits per heavy atom. The maximum Gasteiger partial charge on any atom is 0.353 e. The average Bonchev–Trinajstić information content (AvgIpc) is 3.07. The molecule has 1 aliphatic carbocycles. The highest BCUT2D eigenvalue weighted by Gasteiger charge is 2.25. The van der Waals surface area contributed by atoms with Crippen molar-refractivity contribution in [2.24, 2.45) is 0 Å². The van der Waals surface area contributed by atoms with Gasteiger partial charge in [0.25, 0.3) is 0 Å². The second-order valence-electron chi connectivity index (χ2n) is 5.59. The lowest BCUT2D eigenvalue weighted by molar-refractivity contribution is -0.383. The number of nitrogens with one attached hydrogen (secondary N) is 2. The summed E-state index contributed by atoms with van der Waals surface area (Å²) in [5.74, 6) is 1.15. The quantitative estimate of drug-likeness (QED) is 0.621. The lowest BCUT2D eigenvalue weighted by Crippen LogP contribution is -2.23. The Morgan fingerprint density at radius 3 is 2.74 bits per heavy atom. The van der Waals surface area contributed by atoms with Crippen LogP contribution in [-0.2, 0) is 6.54 Å². The minimum absolute atomic E-state index is 0.121. The normalized spacial score (nSPS) is 15.3. The fraction of sp³-hybridized carbons (Fsp3) is 0.467. The number of furan rings is 1. The van der Waals surface area contributed by atoms with Crippen LogP contribution in [0.25, 0.3) is 0 Å². The molecule has 0 aromatic carbocycles. The van der Waals surface area contributed by atoms with Crippen molar-refractivity contribution < 1.29 is 9.34 Å². The molecule has 1 fully saturated rings. The van der Waals surface area contributed by atoms with Crippen LogP contribution in [0, 0.1) is 10.1 Å². The molecule has 2 heterocycles. The third kappa shape index (κ3) is 3.77. The molecule has 0 radical (unpaired) electrons. The predicted molar refractivity (Wildman–Crippen MR) is 85.2 cm³/mol. The van der Waals surface area contributed by atoms with Crippen molar-refractivity contribution >= 4 is 17.3 Å². The van der Waals surface area contributed by atoms with Crippen molar-refractivity contribution in [3.63, 3.8) is 0 Å². The Labute approximate surface area is 133 Å². The molecular weight excluding hydrogens is 298 g/mol. The van der Waals surface area contributed by atoms with Gasteiger partial charge in [-0.3, -0.25) is 10.1 Å². The van der Waals surface area contributed by atoms with Crippen LogP contribution in [-0.4, -0.2) is 20.9 Å². The van der Waals surface area contributed by atoms with Gasteiger partial charge in [-0.1, -0.05) is 19.3 Å². The maximum atomic E-state index is 11.5. The lowest BCUT2D eigenvalue weighted by atomic mass is 9.95. The Hall–Kier alpha value is -2.64. The number of anilines is 2. The smallest absolute Gasteiger partial charge is 0.353 e.